The van der Waals surface area contributed by atoms with Crippen molar-refractivity contribution in [2.45, 2.75) is 26.0 Å². The van der Waals surface area contributed by atoms with E-state index in [0.717, 1.165) is 6.54 Å². The first-order valence-corrected chi connectivity index (χ1v) is 7.27. The van der Waals surface area contributed by atoms with Crippen molar-refractivity contribution >= 4 is 18.3 Å². The third kappa shape index (κ3) is 5.38. The quantitative estimate of drug-likeness (QED) is 0.716. The van der Waals surface area contributed by atoms with Gasteiger partial charge in [-0.3, -0.25) is 4.79 Å². The molecule has 1 aromatic rings. The van der Waals surface area contributed by atoms with Gasteiger partial charge in [-0.25, -0.2) is 0 Å². The molecule has 0 bridgehead atoms. The molecular weight excluding hydrogens is 346 g/mol. The first kappa shape index (κ1) is 20.2. The highest BCUT2D eigenvalue weighted by Gasteiger charge is 2.21. The van der Waals surface area contributed by atoms with Gasteiger partial charge >= 0.3 is 6.61 Å². The number of carbonyl (C=O) groups excluding carboxylic acids is 1. The molecule has 0 atom stereocenters. The molecule has 2 rings (SSSR count). The number of amides is 1. The molecule has 1 aliphatic rings. The van der Waals surface area contributed by atoms with Crippen LogP contribution in [0.15, 0.2) is 12.1 Å². The van der Waals surface area contributed by atoms with E-state index < -0.39 is 6.61 Å². The van der Waals surface area contributed by atoms with Gasteiger partial charge in [0.05, 0.1) is 0 Å². The molecule has 6 nitrogen and oxygen atoms in total. The summed E-state index contributed by atoms with van der Waals surface area (Å²) in [5.74, 6) is 0.727. The largest absolute Gasteiger partial charge is 0.454 e. The maximum Gasteiger partial charge on any atom is 0.387 e. The second kappa shape index (κ2) is 9.48. The summed E-state index contributed by atoms with van der Waals surface area (Å²) >= 11 is 0. The summed E-state index contributed by atoms with van der Waals surface area (Å²) in [5, 5.41) is 2.97. The van der Waals surface area contributed by atoms with Gasteiger partial charge in [-0.1, -0.05) is 0 Å². The fourth-order valence-corrected chi connectivity index (χ4v) is 2.25. The number of fused-ring (bicyclic) bond motifs is 1. The zero-order chi connectivity index (χ0) is 16.8. The minimum atomic E-state index is -2.95. The smallest absolute Gasteiger partial charge is 0.387 e. The molecule has 0 aliphatic carbocycles. The predicted molar refractivity (Wildman–Crippen MR) is 86.1 cm³/mol. The van der Waals surface area contributed by atoms with E-state index in [1.54, 1.807) is 13.1 Å². The number of halogens is 3. The lowest BCUT2D eigenvalue weighted by atomic mass is 10.1. The Labute approximate surface area is 145 Å². The Bertz CT molecular complexity index is 561. The van der Waals surface area contributed by atoms with Crippen LogP contribution in [0, 0.1) is 0 Å². The average molecular weight is 367 g/mol. The molecule has 0 spiro atoms. The van der Waals surface area contributed by atoms with Gasteiger partial charge in [-0.05, 0) is 26.1 Å². The van der Waals surface area contributed by atoms with Crippen molar-refractivity contribution in [2.24, 2.45) is 0 Å². The number of nitrogens with zero attached hydrogens (tertiary/aromatic N) is 1. The van der Waals surface area contributed by atoms with Crippen molar-refractivity contribution in [2.75, 3.05) is 27.4 Å². The van der Waals surface area contributed by atoms with Crippen LogP contribution in [-0.2, 0) is 11.3 Å². The first-order valence-electron chi connectivity index (χ1n) is 7.27. The van der Waals surface area contributed by atoms with Gasteiger partial charge < -0.3 is 24.4 Å². The zero-order valence-corrected chi connectivity index (χ0v) is 14.3. The Balaban J connectivity index is 0.00000288. The molecule has 0 aromatic heterocycles. The summed E-state index contributed by atoms with van der Waals surface area (Å²) in [4.78, 5) is 13.5. The number of ether oxygens (including phenoxy) is 3. The van der Waals surface area contributed by atoms with E-state index in [1.807, 2.05) is 7.05 Å². The van der Waals surface area contributed by atoms with Crippen LogP contribution in [0.4, 0.5) is 8.78 Å². The van der Waals surface area contributed by atoms with Crippen molar-refractivity contribution in [3.05, 3.63) is 17.7 Å². The Hall–Kier alpha value is -1.80. The summed E-state index contributed by atoms with van der Waals surface area (Å²) < 4.78 is 40.1. The maximum atomic E-state index is 12.6. The van der Waals surface area contributed by atoms with E-state index >= 15 is 0 Å². The van der Waals surface area contributed by atoms with Crippen LogP contribution in [0.5, 0.6) is 17.2 Å². The molecule has 24 heavy (non-hydrogen) atoms. The molecule has 1 N–H and O–H groups in total. The number of carbonyl (C=O) groups is 1. The van der Waals surface area contributed by atoms with Crippen LogP contribution in [0.1, 0.15) is 18.4 Å². The topological polar surface area (TPSA) is 60.0 Å². The Morgan fingerprint density at radius 2 is 2.04 bits per heavy atom. The van der Waals surface area contributed by atoms with Gasteiger partial charge in [0.1, 0.15) is 5.75 Å². The van der Waals surface area contributed by atoms with Crippen molar-refractivity contribution in [3.8, 4) is 17.2 Å². The second-order valence-corrected chi connectivity index (χ2v) is 5.15. The zero-order valence-electron chi connectivity index (χ0n) is 13.5. The van der Waals surface area contributed by atoms with E-state index in [1.165, 1.54) is 11.0 Å². The summed E-state index contributed by atoms with van der Waals surface area (Å²) in [5.41, 5.74) is 0.444. The predicted octanol–water partition coefficient (Wildman–Crippen LogP) is 2.40. The van der Waals surface area contributed by atoms with E-state index in [9.17, 15) is 13.6 Å². The van der Waals surface area contributed by atoms with Crippen LogP contribution in [0.2, 0.25) is 0 Å². The van der Waals surface area contributed by atoms with E-state index in [0.29, 0.717) is 29.9 Å². The van der Waals surface area contributed by atoms with Crippen molar-refractivity contribution in [3.63, 3.8) is 0 Å². The van der Waals surface area contributed by atoms with Gasteiger partial charge in [0.25, 0.3) is 0 Å². The van der Waals surface area contributed by atoms with Gasteiger partial charge in [0.15, 0.2) is 11.5 Å². The van der Waals surface area contributed by atoms with Crippen LogP contribution in [0.25, 0.3) is 0 Å². The second-order valence-electron chi connectivity index (χ2n) is 5.15. The maximum absolute atomic E-state index is 12.6. The molecular formula is C15H21ClF2N2O4. The summed E-state index contributed by atoms with van der Waals surface area (Å²) in [7, 11) is 3.44. The monoisotopic (exact) mass is 366 g/mol. The normalized spacial score (nSPS) is 12.0. The van der Waals surface area contributed by atoms with Gasteiger partial charge in [0, 0.05) is 31.6 Å². The van der Waals surface area contributed by atoms with E-state index in [-0.39, 0.29) is 37.4 Å². The number of hydrogen-bond donors (Lipinski definition) is 1. The number of hydrogen-bond acceptors (Lipinski definition) is 5. The first-order chi connectivity index (χ1) is 11.0. The number of alkyl halides is 2. The van der Waals surface area contributed by atoms with Crippen LogP contribution in [-0.4, -0.2) is 44.9 Å². The third-order valence-corrected chi connectivity index (χ3v) is 3.42. The average Bonchev–Trinajstić information content (AvgIpc) is 2.94. The molecule has 1 heterocycles. The molecule has 136 valence electrons. The Morgan fingerprint density at radius 1 is 1.38 bits per heavy atom. The Kier molecular flexibility index (Phi) is 8.00. The summed E-state index contributed by atoms with van der Waals surface area (Å²) in [6, 6.07) is 2.93. The highest BCUT2D eigenvalue weighted by atomic mass is 35.5. The standard InChI is InChI=1S/C15H20F2N2O4.ClH/c1-18-5-3-4-14(20)19(2)8-10-6-12-13(22-9-21-12)7-11(10)23-15(16)17;/h6-7,15,18H,3-5,8-9H2,1-2H3;1H. The van der Waals surface area contributed by atoms with E-state index in [2.05, 4.69) is 10.1 Å². The van der Waals surface area contributed by atoms with Gasteiger partial charge in [-0.15, -0.1) is 12.4 Å². The number of nitrogens with one attached hydrogen (secondary N) is 1. The minimum absolute atomic E-state index is 0. The molecule has 0 fully saturated rings. The lowest BCUT2D eigenvalue weighted by Crippen LogP contribution is -2.27. The van der Waals surface area contributed by atoms with Crippen LogP contribution in [0.3, 0.4) is 0 Å². The SMILES string of the molecule is CNCCCC(=O)N(C)Cc1cc2c(cc1OC(F)F)OCO2.Cl. The highest BCUT2D eigenvalue weighted by molar-refractivity contribution is 5.85. The Morgan fingerprint density at radius 3 is 2.67 bits per heavy atom. The molecule has 9 heteroatoms. The lowest BCUT2D eigenvalue weighted by molar-refractivity contribution is -0.130. The fourth-order valence-electron chi connectivity index (χ4n) is 2.25. The molecule has 0 saturated carbocycles. The van der Waals surface area contributed by atoms with Crippen LogP contribution < -0.4 is 19.5 Å². The summed E-state index contributed by atoms with van der Waals surface area (Å²) in [6.45, 7) is -2.03. The van der Waals surface area contributed by atoms with Gasteiger partial charge in [-0.2, -0.15) is 8.78 Å². The van der Waals surface area contributed by atoms with Crippen LogP contribution >= 0.6 is 12.4 Å². The van der Waals surface area contributed by atoms with Crippen molar-refractivity contribution < 1.29 is 27.8 Å². The number of benzene rings is 1. The van der Waals surface area contributed by atoms with E-state index in [4.69, 9.17) is 9.47 Å². The van der Waals surface area contributed by atoms with Crippen molar-refractivity contribution in [1.29, 1.82) is 0 Å². The molecule has 0 radical (unpaired) electrons. The molecule has 1 amide bonds. The molecule has 1 aromatic carbocycles. The highest BCUT2D eigenvalue weighted by Crippen LogP contribution is 2.39. The van der Waals surface area contributed by atoms with Crippen molar-refractivity contribution in [1.82, 2.24) is 10.2 Å². The molecule has 0 unspecified atom stereocenters. The summed E-state index contributed by atoms with van der Waals surface area (Å²) in [6.07, 6.45) is 1.09. The lowest BCUT2D eigenvalue weighted by Gasteiger charge is -2.19. The third-order valence-electron chi connectivity index (χ3n) is 3.42. The fraction of sp³-hybridized carbons (Fsp3) is 0.533. The van der Waals surface area contributed by atoms with Gasteiger partial charge in [0.2, 0.25) is 12.7 Å². The number of rotatable bonds is 8. The minimum Gasteiger partial charge on any atom is -0.454 e. The molecule has 1 aliphatic heterocycles. The molecule has 0 saturated heterocycles.